The monoisotopic (exact) mass is 431 g/mol. The van der Waals surface area contributed by atoms with Gasteiger partial charge < -0.3 is 9.64 Å². The van der Waals surface area contributed by atoms with E-state index < -0.39 is 11.7 Å². The largest absolute Gasteiger partial charge is 0.491 e. The molecule has 2 aliphatic heterocycles. The molecule has 2 aromatic rings. The van der Waals surface area contributed by atoms with E-state index in [2.05, 4.69) is 23.6 Å². The van der Waals surface area contributed by atoms with Crippen molar-refractivity contribution in [2.75, 3.05) is 39.3 Å². The smallest absolute Gasteiger partial charge is 0.416 e. The minimum Gasteiger partial charge on any atom is -0.491 e. The number of likely N-dealkylation sites (N-methyl/N-ethyl adjacent to an activating group) is 1. The molecule has 1 unspecified atom stereocenters. The van der Waals surface area contributed by atoms with Gasteiger partial charge in [0.25, 0.3) is 0 Å². The fourth-order valence-electron chi connectivity index (χ4n) is 4.50. The zero-order valence-electron chi connectivity index (χ0n) is 18.0. The molecule has 4 rings (SSSR count). The molecule has 0 amide bonds. The van der Waals surface area contributed by atoms with Gasteiger partial charge in [0.05, 0.1) is 17.7 Å². The molecule has 1 saturated heterocycles. The molecule has 0 saturated carbocycles. The highest BCUT2D eigenvalue weighted by molar-refractivity contribution is 6.02. The quantitative estimate of drug-likeness (QED) is 0.687. The fraction of sp³-hybridized carbons (Fsp3) is 0.458. The molecular weight excluding hydrogens is 403 g/mol. The van der Waals surface area contributed by atoms with Crippen molar-refractivity contribution in [2.45, 2.75) is 32.5 Å². The van der Waals surface area contributed by atoms with E-state index in [1.165, 1.54) is 12.1 Å². The average molecular weight is 432 g/mol. The molecular formula is C24H28F3N3O. The Balaban J connectivity index is 1.63. The molecule has 2 aliphatic rings. The fourth-order valence-corrected chi connectivity index (χ4v) is 4.50. The molecule has 7 heteroatoms. The molecule has 0 radical (unpaired) electrons. The molecule has 31 heavy (non-hydrogen) atoms. The Morgan fingerprint density at radius 3 is 2.45 bits per heavy atom. The molecule has 2 heterocycles. The summed E-state index contributed by atoms with van der Waals surface area (Å²) in [6.07, 6.45) is -3.24. The second-order valence-corrected chi connectivity index (χ2v) is 7.95. The van der Waals surface area contributed by atoms with Gasteiger partial charge in [0.1, 0.15) is 18.2 Å². The Morgan fingerprint density at radius 2 is 1.77 bits per heavy atom. The Kier molecular flexibility index (Phi) is 6.23. The number of hydrogen-bond acceptors (Lipinski definition) is 4. The first-order valence-corrected chi connectivity index (χ1v) is 10.9. The Morgan fingerprint density at radius 1 is 1.06 bits per heavy atom. The first-order valence-electron chi connectivity index (χ1n) is 10.9. The normalized spacial score (nSPS) is 19.1. The zero-order valence-corrected chi connectivity index (χ0v) is 18.0. The predicted octanol–water partition coefficient (Wildman–Crippen LogP) is 4.93. The molecule has 1 fully saturated rings. The van der Waals surface area contributed by atoms with Gasteiger partial charge >= 0.3 is 6.18 Å². The first kappa shape index (κ1) is 21.7. The molecule has 0 aliphatic carbocycles. The summed E-state index contributed by atoms with van der Waals surface area (Å²) in [6, 6.07) is 11.6. The van der Waals surface area contributed by atoms with Crippen LogP contribution in [-0.4, -0.2) is 61.0 Å². The van der Waals surface area contributed by atoms with Crippen LogP contribution in [0.1, 0.15) is 31.4 Å². The van der Waals surface area contributed by atoms with Gasteiger partial charge in [0, 0.05) is 19.1 Å². The molecule has 0 bridgehead atoms. The zero-order chi connectivity index (χ0) is 22.0. The lowest BCUT2D eigenvalue weighted by atomic mass is 10.00. The van der Waals surface area contributed by atoms with Crippen LogP contribution in [0.4, 0.5) is 13.2 Å². The average Bonchev–Trinajstić information content (AvgIpc) is 3.14. The van der Waals surface area contributed by atoms with Crippen molar-refractivity contribution in [1.82, 2.24) is 9.80 Å². The van der Waals surface area contributed by atoms with E-state index in [4.69, 9.17) is 9.73 Å². The molecule has 0 aromatic heterocycles. The van der Waals surface area contributed by atoms with Crippen molar-refractivity contribution >= 4 is 5.84 Å². The number of amidine groups is 1. The van der Waals surface area contributed by atoms with Crippen molar-refractivity contribution in [1.29, 1.82) is 0 Å². The maximum Gasteiger partial charge on any atom is 0.416 e. The lowest BCUT2D eigenvalue weighted by Crippen LogP contribution is -2.38. The van der Waals surface area contributed by atoms with Crippen LogP contribution in [-0.2, 0) is 6.18 Å². The Hall–Kier alpha value is -2.54. The van der Waals surface area contributed by atoms with Gasteiger partial charge in [0.2, 0.25) is 0 Å². The highest BCUT2D eigenvalue weighted by Crippen LogP contribution is 2.33. The van der Waals surface area contributed by atoms with E-state index in [1.54, 1.807) is 0 Å². The number of aliphatic imine (C=N–C) groups is 1. The summed E-state index contributed by atoms with van der Waals surface area (Å²) in [5.41, 5.74) is 1.86. The van der Waals surface area contributed by atoms with Crippen molar-refractivity contribution < 1.29 is 17.9 Å². The topological polar surface area (TPSA) is 28.1 Å². The van der Waals surface area contributed by atoms with Crippen molar-refractivity contribution in [3.8, 4) is 16.9 Å². The Labute approximate surface area is 181 Å². The van der Waals surface area contributed by atoms with Gasteiger partial charge in [-0.1, -0.05) is 32.0 Å². The van der Waals surface area contributed by atoms with Crippen LogP contribution >= 0.6 is 0 Å². The van der Waals surface area contributed by atoms with E-state index in [1.807, 2.05) is 18.2 Å². The number of halogens is 3. The van der Waals surface area contributed by atoms with Crippen LogP contribution in [0.25, 0.3) is 11.1 Å². The number of likely N-dealkylation sites (tertiary alicyclic amines) is 1. The van der Waals surface area contributed by atoms with Crippen molar-refractivity contribution in [2.24, 2.45) is 4.99 Å². The van der Waals surface area contributed by atoms with Gasteiger partial charge in [-0.15, -0.1) is 0 Å². The van der Waals surface area contributed by atoms with Crippen LogP contribution in [0.15, 0.2) is 47.5 Å². The van der Waals surface area contributed by atoms with Gasteiger partial charge in [-0.2, -0.15) is 13.2 Å². The van der Waals surface area contributed by atoms with E-state index in [0.717, 1.165) is 73.0 Å². The highest BCUT2D eigenvalue weighted by Gasteiger charge is 2.31. The van der Waals surface area contributed by atoms with Crippen molar-refractivity contribution in [3.05, 3.63) is 53.6 Å². The molecule has 0 N–H and O–H groups in total. The van der Waals surface area contributed by atoms with E-state index in [9.17, 15) is 13.2 Å². The second kappa shape index (κ2) is 8.91. The van der Waals surface area contributed by atoms with Crippen LogP contribution < -0.4 is 4.74 Å². The summed E-state index contributed by atoms with van der Waals surface area (Å²) in [7, 11) is 0. The van der Waals surface area contributed by atoms with Gasteiger partial charge in [0.15, 0.2) is 0 Å². The number of alkyl halides is 3. The van der Waals surface area contributed by atoms with E-state index in [0.29, 0.717) is 19.2 Å². The van der Waals surface area contributed by atoms with Crippen molar-refractivity contribution in [3.63, 3.8) is 0 Å². The number of nitrogens with zero attached hydrogens (tertiary/aromatic N) is 3. The lowest BCUT2D eigenvalue weighted by Gasteiger charge is -2.27. The van der Waals surface area contributed by atoms with Gasteiger partial charge in [-0.05, 0) is 54.9 Å². The number of rotatable bonds is 4. The van der Waals surface area contributed by atoms with Gasteiger partial charge in [-0.3, -0.25) is 9.89 Å². The first-order chi connectivity index (χ1) is 14.9. The summed E-state index contributed by atoms with van der Waals surface area (Å²) in [4.78, 5) is 9.63. The molecule has 2 aromatic carbocycles. The Bertz CT molecular complexity index is 936. The second-order valence-electron chi connectivity index (χ2n) is 7.95. The minimum absolute atomic E-state index is 0.503. The summed E-state index contributed by atoms with van der Waals surface area (Å²) >= 11 is 0. The van der Waals surface area contributed by atoms with Crippen LogP contribution in [0.5, 0.6) is 5.75 Å². The van der Waals surface area contributed by atoms with Crippen LogP contribution in [0, 0.1) is 0 Å². The number of ether oxygens (including phenoxy) is 1. The third-order valence-electron chi connectivity index (χ3n) is 6.17. The lowest BCUT2D eigenvalue weighted by molar-refractivity contribution is -0.137. The molecule has 0 spiro atoms. The third-order valence-corrected chi connectivity index (χ3v) is 6.17. The highest BCUT2D eigenvalue weighted by atomic mass is 19.4. The van der Waals surface area contributed by atoms with Gasteiger partial charge in [-0.25, -0.2) is 0 Å². The molecule has 166 valence electrons. The maximum atomic E-state index is 12.9. The minimum atomic E-state index is -4.34. The summed E-state index contributed by atoms with van der Waals surface area (Å²) in [5, 5.41) is 0. The SMILES string of the molecule is CCN(CC)C1CCN(C2=NCCOc3ccc(-c4ccc(C(F)(F)F)cc4)cc32)C1. The number of hydrogen-bond donors (Lipinski definition) is 0. The summed E-state index contributed by atoms with van der Waals surface area (Å²) in [5.74, 6) is 1.70. The van der Waals surface area contributed by atoms with E-state index in [-0.39, 0.29) is 0 Å². The number of fused-ring (bicyclic) bond motifs is 1. The predicted molar refractivity (Wildman–Crippen MR) is 117 cm³/mol. The molecule has 1 atom stereocenters. The maximum absolute atomic E-state index is 12.9. The summed E-state index contributed by atoms with van der Waals surface area (Å²) in [6.45, 7) is 9.39. The van der Waals surface area contributed by atoms with Crippen LogP contribution in [0.3, 0.4) is 0 Å². The van der Waals surface area contributed by atoms with E-state index >= 15 is 0 Å². The molecule has 4 nitrogen and oxygen atoms in total. The third kappa shape index (κ3) is 4.56. The number of benzene rings is 2. The summed E-state index contributed by atoms with van der Waals surface area (Å²) < 4.78 is 44.7. The standard InChI is InChI=1S/C24H28F3N3O/c1-3-29(4-2)20-11-13-30(16-20)23-21-15-18(7-10-22(21)31-14-12-28-23)17-5-8-19(9-6-17)24(25,26)27/h5-10,15,20H,3-4,11-14,16H2,1-2H3. The van der Waals surface area contributed by atoms with Crippen LogP contribution in [0.2, 0.25) is 0 Å².